The molecule has 0 aliphatic heterocycles. The highest BCUT2D eigenvalue weighted by Gasteiger charge is 2.20. The number of aliphatic hydroxyl groups excluding tert-OH is 2. The molecule has 65 heavy (non-hydrogen) atoms. The van der Waals surface area contributed by atoms with Crippen LogP contribution in [0, 0.1) is 5.92 Å². The van der Waals surface area contributed by atoms with Crippen molar-refractivity contribution >= 4 is 17.9 Å². The van der Waals surface area contributed by atoms with E-state index in [1.54, 1.807) is 0 Å². The van der Waals surface area contributed by atoms with Gasteiger partial charge < -0.3 is 25.5 Å². The van der Waals surface area contributed by atoms with E-state index in [-0.39, 0.29) is 13.0 Å². The Labute approximate surface area is 402 Å². The van der Waals surface area contributed by atoms with E-state index in [0.29, 0.717) is 19.3 Å². The van der Waals surface area contributed by atoms with E-state index in [4.69, 9.17) is 20.4 Å². The van der Waals surface area contributed by atoms with E-state index < -0.39 is 29.9 Å². The van der Waals surface area contributed by atoms with Crippen molar-refractivity contribution in [2.24, 2.45) is 5.92 Å². The lowest BCUT2D eigenvalue weighted by Gasteiger charge is -2.14. The molecule has 0 rings (SSSR count). The Morgan fingerprint density at radius 3 is 0.862 bits per heavy atom. The summed E-state index contributed by atoms with van der Waals surface area (Å²) < 4.78 is 0. The van der Waals surface area contributed by atoms with Gasteiger partial charge in [0.1, 0.15) is 0 Å². The summed E-state index contributed by atoms with van der Waals surface area (Å²) in [5.41, 5.74) is 0. The zero-order valence-corrected chi connectivity index (χ0v) is 43.0. The zero-order chi connectivity index (χ0) is 48.5. The van der Waals surface area contributed by atoms with Gasteiger partial charge in [-0.05, 0) is 103 Å². The van der Waals surface area contributed by atoms with Gasteiger partial charge in [-0.3, -0.25) is 14.4 Å². The fourth-order valence-corrected chi connectivity index (χ4v) is 7.72. The molecule has 0 fully saturated rings. The van der Waals surface area contributed by atoms with Gasteiger partial charge in [0.25, 0.3) is 0 Å². The largest absolute Gasteiger partial charge is 0.481 e. The number of aliphatic hydroxyl groups is 2. The van der Waals surface area contributed by atoms with Gasteiger partial charge in [-0.1, -0.05) is 211 Å². The van der Waals surface area contributed by atoms with E-state index >= 15 is 0 Å². The van der Waals surface area contributed by atoms with Crippen LogP contribution in [0.1, 0.15) is 290 Å². The summed E-state index contributed by atoms with van der Waals surface area (Å²) >= 11 is 0. The molecule has 2 unspecified atom stereocenters. The molecular formula is C57H108O8. The summed E-state index contributed by atoms with van der Waals surface area (Å²) in [6.45, 7) is 6.40. The fourth-order valence-electron chi connectivity index (χ4n) is 7.72. The zero-order valence-electron chi connectivity index (χ0n) is 43.0. The number of hydrogen-bond acceptors (Lipinski definition) is 5. The minimum atomic E-state index is -0.919. The van der Waals surface area contributed by atoms with Crippen molar-refractivity contribution in [2.75, 3.05) is 6.61 Å². The average Bonchev–Trinajstić information content (AvgIpc) is 3.28. The van der Waals surface area contributed by atoms with Crippen LogP contribution in [-0.2, 0) is 14.4 Å². The molecule has 0 radical (unpaired) electrons. The van der Waals surface area contributed by atoms with Gasteiger partial charge in [0.15, 0.2) is 0 Å². The van der Waals surface area contributed by atoms with Crippen LogP contribution in [0.5, 0.6) is 0 Å². The normalized spacial score (nSPS) is 12.3. The molecule has 0 aromatic heterocycles. The van der Waals surface area contributed by atoms with Crippen molar-refractivity contribution in [3.8, 4) is 0 Å². The predicted octanol–water partition coefficient (Wildman–Crippen LogP) is 17.3. The van der Waals surface area contributed by atoms with Crippen molar-refractivity contribution in [1.82, 2.24) is 0 Å². The second kappa shape index (κ2) is 59.6. The highest BCUT2D eigenvalue weighted by molar-refractivity contribution is 5.70. The Balaban J connectivity index is -0.000000896. The van der Waals surface area contributed by atoms with Gasteiger partial charge in [0.2, 0.25) is 0 Å². The molecule has 8 heteroatoms. The summed E-state index contributed by atoms with van der Waals surface area (Å²) in [7, 11) is 0. The highest BCUT2D eigenvalue weighted by atomic mass is 16.4. The third-order valence-electron chi connectivity index (χ3n) is 12.0. The third kappa shape index (κ3) is 65.9. The van der Waals surface area contributed by atoms with Crippen molar-refractivity contribution < 1.29 is 39.9 Å². The van der Waals surface area contributed by atoms with Gasteiger partial charge >= 0.3 is 17.9 Å². The molecule has 0 saturated carbocycles. The molecule has 0 aromatic rings. The van der Waals surface area contributed by atoms with Crippen molar-refractivity contribution in [2.45, 2.75) is 297 Å². The van der Waals surface area contributed by atoms with E-state index in [9.17, 15) is 19.5 Å². The minimum Gasteiger partial charge on any atom is -0.481 e. The minimum absolute atomic E-state index is 0.146. The Hall–Kier alpha value is -2.45. The van der Waals surface area contributed by atoms with Gasteiger partial charge in [-0.15, -0.1) is 0 Å². The van der Waals surface area contributed by atoms with Crippen molar-refractivity contribution in [1.29, 1.82) is 0 Å². The van der Waals surface area contributed by atoms with Crippen LogP contribution in [0.4, 0.5) is 0 Å². The molecule has 0 spiro atoms. The van der Waals surface area contributed by atoms with Crippen LogP contribution in [-0.4, -0.2) is 56.2 Å². The molecular weight excluding hydrogens is 813 g/mol. The number of aliphatic carboxylic acids is 3. The molecule has 384 valence electrons. The number of allylic oxidation sites excluding steroid dienone is 6. The quantitative estimate of drug-likeness (QED) is 0.0299. The first-order valence-corrected chi connectivity index (χ1v) is 27.6. The maximum Gasteiger partial charge on any atom is 0.306 e. The lowest BCUT2D eigenvalue weighted by molar-refractivity contribution is -0.143. The maximum atomic E-state index is 11.1. The average molecular weight is 921 g/mol. The Morgan fingerprint density at radius 1 is 0.369 bits per heavy atom. The van der Waals surface area contributed by atoms with Crippen molar-refractivity contribution in [3.63, 3.8) is 0 Å². The van der Waals surface area contributed by atoms with E-state index in [1.807, 2.05) is 0 Å². The smallest absolute Gasteiger partial charge is 0.306 e. The van der Waals surface area contributed by atoms with E-state index in [2.05, 4.69) is 57.2 Å². The number of carboxylic acids is 3. The number of carboxylic acid groups (broad SMARTS) is 3. The molecule has 2 atom stereocenters. The van der Waals surface area contributed by atoms with Crippen LogP contribution < -0.4 is 0 Å². The van der Waals surface area contributed by atoms with Gasteiger partial charge in [0, 0.05) is 12.8 Å². The standard InChI is InChI=1S/C21H40O4.2C18H34O2/c1-2-3-4-5-6-7-8-9-10-11-12-13-14-15-16-19(21(24)25)17-20(23)18-22;2*1-2-3-4-5-6-7-8-9-10-11-12-13-14-15-16-17-18(19)20/h9-10,19-20,22-23H,2-8,11-18H2,1H3,(H,24,25);2*9-10H,2-8,11-17H2,1H3,(H,19,20). The van der Waals surface area contributed by atoms with E-state index in [0.717, 1.165) is 57.8 Å². The number of carbonyl (C=O) groups is 3. The number of rotatable bonds is 48. The Morgan fingerprint density at radius 2 is 0.615 bits per heavy atom. The lowest BCUT2D eigenvalue weighted by atomic mass is 9.95. The topological polar surface area (TPSA) is 152 Å². The molecule has 0 aliphatic rings. The summed E-state index contributed by atoms with van der Waals surface area (Å²) in [5.74, 6) is -2.74. The summed E-state index contributed by atoms with van der Waals surface area (Å²) in [6, 6.07) is 0. The van der Waals surface area contributed by atoms with Crippen LogP contribution in [0.2, 0.25) is 0 Å². The molecule has 8 nitrogen and oxygen atoms in total. The van der Waals surface area contributed by atoms with Gasteiger partial charge in [-0.2, -0.15) is 0 Å². The van der Waals surface area contributed by atoms with Crippen molar-refractivity contribution in [3.05, 3.63) is 36.5 Å². The maximum absolute atomic E-state index is 11.1. The van der Waals surface area contributed by atoms with Crippen LogP contribution >= 0.6 is 0 Å². The highest BCUT2D eigenvalue weighted by Crippen LogP contribution is 2.18. The molecule has 0 saturated heterocycles. The molecule has 5 N–H and O–H groups in total. The third-order valence-corrected chi connectivity index (χ3v) is 12.0. The molecule has 0 amide bonds. The first-order chi connectivity index (χ1) is 31.7. The van der Waals surface area contributed by atoms with E-state index in [1.165, 1.54) is 186 Å². The summed E-state index contributed by atoms with van der Waals surface area (Å²) in [6.07, 6.45) is 61.4. The first-order valence-electron chi connectivity index (χ1n) is 27.6. The Kier molecular flexibility index (Phi) is 61.2. The second-order valence-corrected chi connectivity index (χ2v) is 18.6. The van der Waals surface area contributed by atoms with Crippen LogP contribution in [0.3, 0.4) is 0 Å². The molecule has 0 aromatic carbocycles. The predicted molar refractivity (Wildman–Crippen MR) is 278 cm³/mol. The van der Waals surface area contributed by atoms with Gasteiger partial charge in [-0.25, -0.2) is 0 Å². The number of hydrogen-bond donors (Lipinski definition) is 5. The summed E-state index contributed by atoms with van der Waals surface area (Å²) in [4.78, 5) is 31.8. The molecule has 0 bridgehead atoms. The lowest BCUT2D eigenvalue weighted by Crippen LogP contribution is -2.23. The summed E-state index contributed by atoms with van der Waals surface area (Å²) in [5, 5.41) is 44.3. The monoisotopic (exact) mass is 921 g/mol. The SMILES string of the molecule is CCCCCCCCC=CCCCCCCC(CC(O)CO)C(=O)O.CCCCCCCCC=CCCCCCCCC(=O)O.CCCCCCCCC=CCCCCCCCC(=O)O. The van der Waals surface area contributed by atoms with Crippen LogP contribution in [0.15, 0.2) is 36.5 Å². The fraction of sp³-hybridized carbons (Fsp3) is 0.842. The number of unbranched alkanes of at least 4 members (excludes halogenated alkanes) is 32. The van der Waals surface area contributed by atoms with Gasteiger partial charge in [0.05, 0.1) is 18.6 Å². The molecule has 0 heterocycles. The van der Waals surface area contributed by atoms with Crippen LogP contribution in [0.25, 0.3) is 0 Å². The first kappa shape index (κ1) is 66.8. The Bertz CT molecular complexity index is 1000. The second-order valence-electron chi connectivity index (χ2n) is 18.6. The molecule has 0 aliphatic carbocycles.